The molecule has 0 atom stereocenters. The van der Waals surface area contributed by atoms with Gasteiger partial charge in [-0.1, -0.05) is 30.3 Å². The molecule has 2 aromatic heterocycles. The molecule has 0 bridgehead atoms. The highest BCUT2D eigenvalue weighted by Crippen LogP contribution is 2.29. The second-order valence-corrected chi connectivity index (χ2v) is 5.72. The summed E-state index contributed by atoms with van der Waals surface area (Å²) in [6.45, 7) is 5.47. The zero-order chi connectivity index (χ0) is 16.8. The van der Waals surface area contributed by atoms with E-state index in [4.69, 9.17) is 4.74 Å². The highest BCUT2D eigenvalue weighted by Gasteiger charge is 2.10. The van der Waals surface area contributed by atoms with Crippen LogP contribution in [0.15, 0.2) is 60.9 Å². The van der Waals surface area contributed by atoms with E-state index in [1.807, 2.05) is 62.4 Å². The molecule has 0 unspecified atom stereocenters. The smallest absolute Gasteiger partial charge is 0.223 e. The average molecular weight is 319 g/mol. The van der Waals surface area contributed by atoms with Crippen molar-refractivity contribution in [1.82, 2.24) is 15.3 Å². The summed E-state index contributed by atoms with van der Waals surface area (Å²) >= 11 is 0. The molecular weight excluding hydrogens is 298 g/mol. The number of nitrogens with one attached hydrogen (secondary N) is 1. The summed E-state index contributed by atoms with van der Waals surface area (Å²) in [5.74, 6) is 1.52. The highest BCUT2D eigenvalue weighted by molar-refractivity contribution is 5.43. The molecule has 2 heterocycles. The van der Waals surface area contributed by atoms with Crippen molar-refractivity contribution in [3.63, 3.8) is 0 Å². The van der Waals surface area contributed by atoms with Crippen LogP contribution in [0.3, 0.4) is 0 Å². The number of aryl methyl sites for hydroxylation is 2. The van der Waals surface area contributed by atoms with E-state index in [0.717, 1.165) is 28.1 Å². The Bertz CT molecular complexity index is 783. The van der Waals surface area contributed by atoms with E-state index in [9.17, 15) is 0 Å². The third kappa shape index (κ3) is 3.97. The molecule has 24 heavy (non-hydrogen) atoms. The van der Waals surface area contributed by atoms with Gasteiger partial charge in [0.1, 0.15) is 5.75 Å². The summed E-state index contributed by atoms with van der Waals surface area (Å²) in [4.78, 5) is 8.72. The Balaban J connectivity index is 1.71. The lowest BCUT2D eigenvalue weighted by Crippen LogP contribution is -2.14. The van der Waals surface area contributed by atoms with E-state index in [-0.39, 0.29) is 0 Å². The van der Waals surface area contributed by atoms with E-state index in [0.29, 0.717) is 19.0 Å². The van der Waals surface area contributed by atoms with E-state index in [2.05, 4.69) is 15.3 Å². The van der Waals surface area contributed by atoms with Crippen molar-refractivity contribution >= 4 is 0 Å². The maximum absolute atomic E-state index is 6.11. The van der Waals surface area contributed by atoms with Gasteiger partial charge < -0.3 is 10.1 Å². The quantitative estimate of drug-likeness (QED) is 0.740. The minimum atomic E-state index is 0.642. The van der Waals surface area contributed by atoms with Crippen LogP contribution in [-0.2, 0) is 13.1 Å². The molecule has 4 nitrogen and oxygen atoms in total. The Morgan fingerprint density at radius 2 is 1.62 bits per heavy atom. The molecule has 0 spiro atoms. The third-order valence-corrected chi connectivity index (χ3v) is 3.81. The van der Waals surface area contributed by atoms with Gasteiger partial charge in [0.15, 0.2) is 0 Å². The Hall–Kier alpha value is -2.72. The van der Waals surface area contributed by atoms with E-state index in [1.54, 1.807) is 12.4 Å². The van der Waals surface area contributed by atoms with Crippen molar-refractivity contribution < 1.29 is 4.74 Å². The van der Waals surface area contributed by atoms with Gasteiger partial charge in [0.25, 0.3) is 0 Å². The van der Waals surface area contributed by atoms with Gasteiger partial charge in [-0.15, -0.1) is 0 Å². The van der Waals surface area contributed by atoms with Crippen LogP contribution in [0.2, 0.25) is 0 Å². The molecule has 0 aliphatic rings. The van der Waals surface area contributed by atoms with Crippen LogP contribution in [0.4, 0.5) is 0 Å². The fraction of sp³-hybridized carbons (Fsp3) is 0.200. The van der Waals surface area contributed by atoms with E-state index >= 15 is 0 Å². The maximum atomic E-state index is 6.11. The topological polar surface area (TPSA) is 47.0 Å². The van der Waals surface area contributed by atoms with Crippen LogP contribution in [0, 0.1) is 13.8 Å². The normalized spacial score (nSPS) is 10.6. The first-order valence-electron chi connectivity index (χ1n) is 8.02. The summed E-state index contributed by atoms with van der Waals surface area (Å²) in [5, 5.41) is 3.39. The molecule has 0 aliphatic carbocycles. The number of nitrogens with zero attached hydrogens (tertiary/aromatic N) is 2. The highest BCUT2D eigenvalue weighted by atomic mass is 16.5. The van der Waals surface area contributed by atoms with Crippen molar-refractivity contribution in [2.24, 2.45) is 0 Å². The number of ether oxygens (including phenoxy) is 1. The van der Waals surface area contributed by atoms with Crippen LogP contribution in [0.1, 0.15) is 22.4 Å². The first-order chi connectivity index (χ1) is 11.7. The predicted octanol–water partition coefficient (Wildman–Crippen LogP) is 4.18. The fourth-order valence-electron chi connectivity index (χ4n) is 2.54. The van der Waals surface area contributed by atoms with Crippen molar-refractivity contribution in [1.29, 1.82) is 0 Å². The summed E-state index contributed by atoms with van der Waals surface area (Å²) in [5.41, 5.74) is 4.25. The number of para-hydroxylation sites is 1. The Labute approximate surface area is 142 Å². The zero-order valence-corrected chi connectivity index (χ0v) is 14.0. The van der Waals surface area contributed by atoms with Gasteiger partial charge >= 0.3 is 0 Å². The van der Waals surface area contributed by atoms with Crippen molar-refractivity contribution in [2.45, 2.75) is 26.9 Å². The standard InChI is InChI=1S/C20H21N3O/c1-15-7-5-8-16(2)19(15)24-20-17(9-6-12-23-20)13-21-14-18-10-3-4-11-22-18/h3-12,21H,13-14H2,1-2H3. The number of pyridine rings is 2. The van der Waals surface area contributed by atoms with Crippen molar-refractivity contribution in [2.75, 3.05) is 0 Å². The molecule has 1 aromatic carbocycles. The molecule has 0 amide bonds. The Morgan fingerprint density at radius 1 is 0.833 bits per heavy atom. The van der Waals surface area contributed by atoms with Gasteiger partial charge in [-0.25, -0.2) is 4.98 Å². The van der Waals surface area contributed by atoms with Gasteiger partial charge in [0.2, 0.25) is 5.88 Å². The lowest BCUT2D eigenvalue weighted by molar-refractivity contribution is 0.446. The van der Waals surface area contributed by atoms with E-state index < -0.39 is 0 Å². The molecule has 3 aromatic rings. The van der Waals surface area contributed by atoms with Crippen LogP contribution in [0.25, 0.3) is 0 Å². The molecule has 0 saturated carbocycles. The van der Waals surface area contributed by atoms with Gasteiger partial charge in [0.05, 0.1) is 5.69 Å². The third-order valence-electron chi connectivity index (χ3n) is 3.81. The predicted molar refractivity (Wildman–Crippen MR) is 95.0 cm³/mol. The lowest BCUT2D eigenvalue weighted by atomic mass is 10.1. The van der Waals surface area contributed by atoms with Crippen LogP contribution in [-0.4, -0.2) is 9.97 Å². The Morgan fingerprint density at radius 3 is 2.38 bits per heavy atom. The molecule has 0 saturated heterocycles. The molecule has 3 rings (SSSR count). The monoisotopic (exact) mass is 319 g/mol. The number of hydrogen-bond donors (Lipinski definition) is 1. The van der Waals surface area contributed by atoms with Crippen molar-refractivity contribution in [3.05, 3.63) is 83.3 Å². The van der Waals surface area contributed by atoms with E-state index in [1.165, 1.54) is 0 Å². The zero-order valence-electron chi connectivity index (χ0n) is 14.0. The second kappa shape index (κ2) is 7.70. The molecule has 122 valence electrons. The van der Waals surface area contributed by atoms with Gasteiger partial charge in [-0.05, 0) is 43.2 Å². The van der Waals surface area contributed by atoms with Crippen LogP contribution < -0.4 is 10.1 Å². The maximum Gasteiger partial charge on any atom is 0.223 e. The summed E-state index contributed by atoms with van der Waals surface area (Å²) in [7, 11) is 0. The van der Waals surface area contributed by atoms with Crippen LogP contribution in [0.5, 0.6) is 11.6 Å². The largest absolute Gasteiger partial charge is 0.438 e. The lowest BCUT2D eigenvalue weighted by Gasteiger charge is -2.14. The number of aromatic nitrogens is 2. The summed E-state index contributed by atoms with van der Waals surface area (Å²) < 4.78 is 6.11. The average Bonchev–Trinajstić information content (AvgIpc) is 2.60. The molecule has 0 aliphatic heterocycles. The summed E-state index contributed by atoms with van der Waals surface area (Å²) in [6, 6.07) is 16.0. The second-order valence-electron chi connectivity index (χ2n) is 5.72. The minimum Gasteiger partial charge on any atom is -0.438 e. The van der Waals surface area contributed by atoms with Crippen molar-refractivity contribution in [3.8, 4) is 11.6 Å². The van der Waals surface area contributed by atoms with Gasteiger partial charge in [-0.3, -0.25) is 4.98 Å². The first-order valence-corrected chi connectivity index (χ1v) is 8.02. The molecular formula is C20H21N3O. The summed E-state index contributed by atoms with van der Waals surface area (Å²) in [6.07, 6.45) is 3.56. The minimum absolute atomic E-state index is 0.642. The number of rotatable bonds is 6. The SMILES string of the molecule is Cc1cccc(C)c1Oc1ncccc1CNCc1ccccn1. The van der Waals surface area contributed by atoms with Gasteiger partial charge in [0, 0.05) is 31.0 Å². The van der Waals surface area contributed by atoms with Crippen LogP contribution >= 0.6 is 0 Å². The van der Waals surface area contributed by atoms with Gasteiger partial charge in [-0.2, -0.15) is 0 Å². The Kier molecular flexibility index (Phi) is 5.18. The molecule has 0 fully saturated rings. The molecule has 0 radical (unpaired) electrons. The molecule has 1 N–H and O–H groups in total. The number of hydrogen-bond acceptors (Lipinski definition) is 4. The first kappa shape index (κ1) is 16.1. The molecule has 4 heteroatoms. The number of benzene rings is 1. The fourth-order valence-corrected chi connectivity index (χ4v) is 2.54.